The highest BCUT2D eigenvalue weighted by molar-refractivity contribution is 6.31. The molecule has 9 heteroatoms. The van der Waals surface area contributed by atoms with E-state index < -0.39 is 17.2 Å². The lowest BCUT2D eigenvalue weighted by Crippen LogP contribution is -2.41. The summed E-state index contributed by atoms with van der Waals surface area (Å²) in [5, 5.41) is 0.382. The van der Waals surface area contributed by atoms with Crippen LogP contribution in [0.5, 0.6) is 0 Å². The number of hydrogen-bond acceptors (Lipinski definition) is 5. The number of aromatic nitrogens is 2. The first kappa shape index (κ1) is 21.4. The monoisotopic (exact) mass is 428 g/mol. The fourth-order valence-electron chi connectivity index (χ4n) is 3.04. The molecule has 2 aromatic carbocycles. The quantitative estimate of drug-likeness (QED) is 0.599. The van der Waals surface area contributed by atoms with Gasteiger partial charge < -0.3 is 10.5 Å². The van der Waals surface area contributed by atoms with E-state index in [2.05, 4.69) is 4.98 Å². The Hall–Kier alpha value is -3.36. The third-order valence-corrected chi connectivity index (χ3v) is 4.74. The van der Waals surface area contributed by atoms with Crippen LogP contribution in [0.1, 0.15) is 15.9 Å². The Balaban J connectivity index is 2.16. The van der Waals surface area contributed by atoms with E-state index >= 15 is 0 Å². The van der Waals surface area contributed by atoms with Gasteiger partial charge >= 0.3 is 5.69 Å². The second kappa shape index (κ2) is 9.43. The molecule has 1 amide bonds. The molecule has 1 aromatic heterocycles. The molecule has 0 radical (unpaired) electrons. The number of nitrogens with two attached hydrogens (primary N) is 1. The Bertz CT molecular complexity index is 1160. The molecule has 3 N–H and O–H groups in total. The second-order valence-electron chi connectivity index (χ2n) is 6.52. The molecule has 0 aliphatic heterocycles. The van der Waals surface area contributed by atoms with Gasteiger partial charge in [-0.15, -0.1) is 0 Å². The molecule has 8 nitrogen and oxygen atoms in total. The summed E-state index contributed by atoms with van der Waals surface area (Å²) < 4.78 is 6.18. The van der Waals surface area contributed by atoms with Crippen LogP contribution < -0.4 is 21.9 Å². The van der Waals surface area contributed by atoms with Gasteiger partial charge in [-0.3, -0.25) is 24.0 Å². The number of ether oxygens (including phenoxy) is 1. The molecule has 0 saturated carbocycles. The van der Waals surface area contributed by atoms with Crippen molar-refractivity contribution in [3.63, 3.8) is 0 Å². The van der Waals surface area contributed by atoms with Gasteiger partial charge in [-0.25, -0.2) is 4.79 Å². The third-order valence-electron chi connectivity index (χ3n) is 4.50. The summed E-state index contributed by atoms with van der Waals surface area (Å²) in [6.07, 6.45) is 0. The first-order chi connectivity index (χ1) is 14.4. The lowest BCUT2D eigenvalue weighted by Gasteiger charge is -2.25. The molecule has 3 rings (SSSR count). The van der Waals surface area contributed by atoms with Gasteiger partial charge in [-0.1, -0.05) is 48.0 Å². The Morgan fingerprint density at radius 1 is 1.17 bits per heavy atom. The normalized spacial score (nSPS) is 10.7. The number of aromatic amines is 1. The van der Waals surface area contributed by atoms with Crippen LogP contribution in [-0.4, -0.2) is 29.2 Å². The summed E-state index contributed by atoms with van der Waals surface area (Å²) in [6.45, 7) is 0.397. The number of nitrogens with zero attached hydrogens (tertiary/aromatic N) is 2. The molecule has 0 saturated heterocycles. The number of carbonyl (C=O) groups excluding carboxylic acids is 1. The molecular formula is C21H21ClN4O4. The van der Waals surface area contributed by atoms with Crippen LogP contribution in [0.3, 0.4) is 0 Å². The number of methoxy groups -OCH3 is 1. The predicted molar refractivity (Wildman–Crippen MR) is 116 cm³/mol. The average molecular weight is 429 g/mol. The minimum atomic E-state index is -0.752. The fourth-order valence-corrected chi connectivity index (χ4v) is 3.23. The standard InChI is InChI=1S/C21H21ClN4O4/c1-30-11-10-25-18(23)17(19(27)24-21(25)29)26(13-14-6-3-2-4-7-14)20(28)15-8-5-9-16(22)12-15/h2-9,12H,10-11,13,23H2,1H3,(H,24,27,29). The number of nitrogen functional groups attached to an aromatic ring is 1. The van der Waals surface area contributed by atoms with Gasteiger partial charge in [-0.2, -0.15) is 0 Å². The van der Waals surface area contributed by atoms with E-state index in [9.17, 15) is 14.4 Å². The molecular weight excluding hydrogens is 408 g/mol. The van der Waals surface area contributed by atoms with Gasteiger partial charge in [0, 0.05) is 17.7 Å². The minimum absolute atomic E-state index is 0.0714. The lowest BCUT2D eigenvalue weighted by molar-refractivity contribution is 0.0984. The number of hydrogen-bond donors (Lipinski definition) is 2. The average Bonchev–Trinajstić information content (AvgIpc) is 2.73. The van der Waals surface area contributed by atoms with Crippen molar-refractivity contribution >= 4 is 29.0 Å². The van der Waals surface area contributed by atoms with Gasteiger partial charge in [0.1, 0.15) is 5.82 Å². The molecule has 0 aliphatic carbocycles. The van der Waals surface area contributed by atoms with Crippen LogP contribution >= 0.6 is 11.6 Å². The van der Waals surface area contributed by atoms with Crippen molar-refractivity contribution in [3.8, 4) is 0 Å². The van der Waals surface area contributed by atoms with Gasteiger partial charge in [0.05, 0.1) is 19.7 Å². The fraction of sp³-hybridized carbons (Fsp3) is 0.190. The van der Waals surface area contributed by atoms with E-state index in [1.807, 2.05) is 30.3 Å². The lowest BCUT2D eigenvalue weighted by atomic mass is 10.1. The number of amides is 1. The maximum absolute atomic E-state index is 13.4. The van der Waals surface area contributed by atoms with E-state index in [0.29, 0.717) is 5.02 Å². The van der Waals surface area contributed by atoms with Crippen molar-refractivity contribution in [2.24, 2.45) is 0 Å². The summed E-state index contributed by atoms with van der Waals surface area (Å²) in [5.74, 6) is -0.595. The van der Waals surface area contributed by atoms with E-state index in [-0.39, 0.29) is 36.8 Å². The van der Waals surface area contributed by atoms with Crippen LogP contribution in [0.15, 0.2) is 64.2 Å². The molecule has 0 bridgehead atoms. The highest BCUT2D eigenvalue weighted by Crippen LogP contribution is 2.23. The summed E-state index contributed by atoms with van der Waals surface area (Å²) in [4.78, 5) is 41.8. The molecule has 0 fully saturated rings. The van der Waals surface area contributed by atoms with Crippen LogP contribution in [-0.2, 0) is 17.8 Å². The van der Waals surface area contributed by atoms with E-state index in [4.69, 9.17) is 22.1 Å². The highest BCUT2D eigenvalue weighted by atomic mass is 35.5. The molecule has 3 aromatic rings. The predicted octanol–water partition coefficient (Wildman–Crippen LogP) is 2.27. The number of anilines is 2. The van der Waals surface area contributed by atoms with Gasteiger partial charge in [0.15, 0.2) is 5.69 Å². The Morgan fingerprint density at radius 2 is 1.90 bits per heavy atom. The molecule has 0 unspecified atom stereocenters. The van der Waals surface area contributed by atoms with E-state index in [1.54, 1.807) is 18.2 Å². The SMILES string of the molecule is COCCn1c(N)c(N(Cc2ccccc2)C(=O)c2cccc(Cl)c2)c(=O)[nH]c1=O. The van der Waals surface area contributed by atoms with Crippen molar-refractivity contribution in [2.75, 3.05) is 24.4 Å². The van der Waals surface area contributed by atoms with Crippen molar-refractivity contribution < 1.29 is 9.53 Å². The molecule has 1 heterocycles. The van der Waals surface area contributed by atoms with Gasteiger partial charge in [0.2, 0.25) is 0 Å². The van der Waals surface area contributed by atoms with E-state index in [0.717, 1.165) is 5.56 Å². The topological polar surface area (TPSA) is 110 Å². The van der Waals surface area contributed by atoms with Crippen molar-refractivity contribution in [1.82, 2.24) is 9.55 Å². The Kier molecular flexibility index (Phi) is 6.71. The summed E-state index contributed by atoms with van der Waals surface area (Å²) in [5.41, 5.74) is 5.72. The molecule has 156 valence electrons. The highest BCUT2D eigenvalue weighted by Gasteiger charge is 2.25. The largest absolute Gasteiger partial charge is 0.383 e. The molecule has 30 heavy (non-hydrogen) atoms. The van der Waals surface area contributed by atoms with Crippen molar-refractivity contribution in [1.29, 1.82) is 0 Å². The van der Waals surface area contributed by atoms with E-state index in [1.165, 1.54) is 22.6 Å². The van der Waals surface area contributed by atoms with Gasteiger partial charge in [0.25, 0.3) is 11.5 Å². The maximum Gasteiger partial charge on any atom is 0.330 e. The first-order valence-electron chi connectivity index (χ1n) is 9.15. The zero-order valence-corrected chi connectivity index (χ0v) is 17.1. The number of carbonyl (C=O) groups is 1. The molecule has 0 atom stereocenters. The second-order valence-corrected chi connectivity index (χ2v) is 6.96. The number of benzene rings is 2. The summed E-state index contributed by atoms with van der Waals surface area (Å²) in [6, 6.07) is 15.5. The zero-order chi connectivity index (χ0) is 21.7. The first-order valence-corrected chi connectivity index (χ1v) is 9.53. The smallest absolute Gasteiger partial charge is 0.330 e. The van der Waals surface area contributed by atoms with Crippen LogP contribution in [0.2, 0.25) is 5.02 Å². The maximum atomic E-state index is 13.4. The Labute approximate surface area is 177 Å². The molecule has 0 aliphatic rings. The number of halogens is 1. The summed E-state index contributed by atoms with van der Waals surface area (Å²) >= 11 is 6.04. The minimum Gasteiger partial charge on any atom is -0.383 e. The van der Waals surface area contributed by atoms with Gasteiger partial charge in [-0.05, 0) is 23.8 Å². The number of nitrogens with one attached hydrogen (secondary N) is 1. The van der Waals surface area contributed by atoms with Crippen LogP contribution in [0.4, 0.5) is 11.5 Å². The number of H-pyrrole nitrogens is 1. The molecule has 0 spiro atoms. The third kappa shape index (κ3) is 4.61. The number of rotatable bonds is 7. The van der Waals surface area contributed by atoms with Crippen molar-refractivity contribution in [2.45, 2.75) is 13.1 Å². The zero-order valence-electron chi connectivity index (χ0n) is 16.3. The summed E-state index contributed by atoms with van der Waals surface area (Å²) in [7, 11) is 1.48. The van der Waals surface area contributed by atoms with Crippen molar-refractivity contribution in [3.05, 3.63) is 91.6 Å². The van der Waals surface area contributed by atoms with Crippen LogP contribution in [0, 0.1) is 0 Å². The van der Waals surface area contributed by atoms with Crippen LogP contribution in [0.25, 0.3) is 0 Å². The Morgan fingerprint density at radius 3 is 2.57 bits per heavy atom.